The molecule has 2 aliphatic rings. The first-order valence-electron chi connectivity index (χ1n) is 7.85. The lowest BCUT2D eigenvalue weighted by molar-refractivity contribution is -0.130. The van der Waals surface area contributed by atoms with Crippen molar-refractivity contribution in [3.8, 4) is 11.5 Å². The lowest BCUT2D eigenvalue weighted by Gasteiger charge is -1.99. The van der Waals surface area contributed by atoms with E-state index >= 15 is 0 Å². The number of benzene rings is 2. The van der Waals surface area contributed by atoms with Crippen LogP contribution in [0.5, 0.6) is 11.5 Å². The minimum absolute atomic E-state index is 0.244. The molecule has 5 heteroatoms. The molecule has 0 saturated carbocycles. The smallest absolute Gasteiger partial charge is 0.363 e. The largest absolute Gasteiger partial charge is 0.454 e. The zero-order valence-corrected chi connectivity index (χ0v) is 13.6. The molecule has 0 aromatic heterocycles. The molecule has 0 unspecified atom stereocenters. The fraction of sp³-hybridized carbons (Fsp3) is 0.100. The van der Waals surface area contributed by atoms with Crippen molar-refractivity contribution in [1.29, 1.82) is 0 Å². The van der Waals surface area contributed by atoms with Gasteiger partial charge in [-0.3, -0.25) is 0 Å². The van der Waals surface area contributed by atoms with Crippen LogP contribution in [0.1, 0.15) is 18.1 Å². The van der Waals surface area contributed by atoms with Gasteiger partial charge >= 0.3 is 5.97 Å². The minimum atomic E-state index is -0.447. The van der Waals surface area contributed by atoms with Gasteiger partial charge in [-0.05, 0) is 48.4 Å². The van der Waals surface area contributed by atoms with E-state index in [4.69, 9.17) is 14.2 Å². The van der Waals surface area contributed by atoms with E-state index in [-0.39, 0.29) is 12.5 Å². The second-order valence-electron chi connectivity index (χ2n) is 5.70. The van der Waals surface area contributed by atoms with Crippen LogP contribution in [0, 0.1) is 0 Å². The van der Waals surface area contributed by atoms with Crippen molar-refractivity contribution in [2.24, 2.45) is 4.99 Å². The highest BCUT2D eigenvalue weighted by molar-refractivity contribution is 6.11. The Morgan fingerprint density at radius 1 is 1.08 bits per heavy atom. The zero-order chi connectivity index (χ0) is 17.2. The average Bonchev–Trinajstić information content (AvgIpc) is 3.22. The summed E-state index contributed by atoms with van der Waals surface area (Å²) >= 11 is 0. The number of esters is 1. The Morgan fingerprint density at radius 3 is 2.72 bits per heavy atom. The van der Waals surface area contributed by atoms with E-state index in [0.717, 1.165) is 28.2 Å². The Kier molecular flexibility index (Phi) is 3.82. The summed E-state index contributed by atoms with van der Waals surface area (Å²) in [6.07, 6.45) is 3.65. The third-order valence-electron chi connectivity index (χ3n) is 3.80. The predicted octanol–water partition coefficient (Wildman–Crippen LogP) is 3.71. The molecule has 0 bridgehead atoms. The van der Waals surface area contributed by atoms with Gasteiger partial charge in [0, 0.05) is 5.56 Å². The van der Waals surface area contributed by atoms with E-state index in [1.54, 1.807) is 6.08 Å². The molecule has 0 atom stereocenters. The predicted molar refractivity (Wildman–Crippen MR) is 93.4 cm³/mol. The Balaban J connectivity index is 1.59. The molecule has 2 heterocycles. The number of carbonyl (C=O) groups excluding carboxylic acids is 1. The Morgan fingerprint density at radius 2 is 1.88 bits per heavy atom. The van der Waals surface area contributed by atoms with E-state index in [1.807, 2.05) is 61.5 Å². The third kappa shape index (κ3) is 3.17. The molecule has 2 aliphatic heterocycles. The second-order valence-corrected chi connectivity index (χ2v) is 5.70. The minimum Gasteiger partial charge on any atom is -0.454 e. The molecule has 0 amide bonds. The number of fused-ring (bicyclic) bond motifs is 1. The SMILES string of the molecule is CC(/C=C1\N=C(c2ccccc2)OC1=O)=C\c1ccc2c(c1)OCO2. The van der Waals surface area contributed by atoms with Crippen LogP contribution < -0.4 is 9.47 Å². The van der Waals surface area contributed by atoms with Gasteiger partial charge in [-0.15, -0.1) is 0 Å². The lowest BCUT2D eigenvalue weighted by Crippen LogP contribution is -2.05. The monoisotopic (exact) mass is 333 g/mol. The third-order valence-corrected chi connectivity index (χ3v) is 3.80. The Bertz CT molecular complexity index is 926. The normalized spacial score (nSPS) is 17.6. The number of cyclic esters (lactones) is 1. The summed E-state index contributed by atoms with van der Waals surface area (Å²) in [6.45, 7) is 2.15. The van der Waals surface area contributed by atoms with Gasteiger partial charge in [0.05, 0.1) is 0 Å². The Hall–Kier alpha value is -3.34. The molecule has 4 rings (SSSR count). The molecule has 0 saturated heterocycles. The highest BCUT2D eigenvalue weighted by Crippen LogP contribution is 2.33. The standard InChI is InChI=1S/C20H15NO4/c1-13(9-14-7-8-17-18(11-14)24-12-23-17)10-16-20(22)25-19(21-16)15-5-3-2-4-6-15/h2-11H,12H2,1H3/b13-9+,16-10-. The van der Waals surface area contributed by atoms with E-state index < -0.39 is 5.97 Å². The molecule has 0 aliphatic carbocycles. The van der Waals surface area contributed by atoms with Gasteiger partial charge in [-0.2, -0.15) is 0 Å². The maximum atomic E-state index is 12.0. The van der Waals surface area contributed by atoms with E-state index in [9.17, 15) is 4.79 Å². The molecule has 0 N–H and O–H groups in total. The molecule has 2 aromatic carbocycles. The average molecular weight is 333 g/mol. The number of rotatable bonds is 3. The number of ether oxygens (including phenoxy) is 3. The molecule has 124 valence electrons. The number of allylic oxidation sites excluding steroid dienone is 2. The first-order chi connectivity index (χ1) is 12.2. The molecule has 2 aromatic rings. The van der Waals surface area contributed by atoms with Crippen molar-refractivity contribution in [1.82, 2.24) is 0 Å². The van der Waals surface area contributed by atoms with Crippen LogP contribution in [0.3, 0.4) is 0 Å². The first kappa shape index (κ1) is 15.2. The maximum Gasteiger partial charge on any atom is 0.363 e. The molecular weight excluding hydrogens is 318 g/mol. The molecule has 0 spiro atoms. The van der Waals surface area contributed by atoms with Crippen molar-refractivity contribution in [3.63, 3.8) is 0 Å². The zero-order valence-electron chi connectivity index (χ0n) is 13.6. The summed E-state index contributed by atoms with van der Waals surface area (Å²) in [5.41, 5.74) is 2.89. The van der Waals surface area contributed by atoms with Gasteiger partial charge in [0.2, 0.25) is 12.7 Å². The van der Waals surface area contributed by atoms with E-state index in [2.05, 4.69) is 4.99 Å². The van der Waals surface area contributed by atoms with Crippen molar-refractivity contribution >= 4 is 17.9 Å². The fourth-order valence-corrected chi connectivity index (χ4v) is 2.64. The first-order valence-corrected chi connectivity index (χ1v) is 7.85. The molecule has 0 fully saturated rings. The van der Waals surface area contributed by atoms with Crippen LogP contribution in [0.4, 0.5) is 0 Å². The number of carbonyl (C=O) groups is 1. The lowest BCUT2D eigenvalue weighted by atomic mass is 10.1. The number of hydrogen-bond donors (Lipinski definition) is 0. The summed E-state index contributed by atoms with van der Waals surface area (Å²) in [4.78, 5) is 16.3. The van der Waals surface area contributed by atoms with Gasteiger partial charge < -0.3 is 14.2 Å². The molecule has 25 heavy (non-hydrogen) atoms. The molecule has 0 radical (unpaired) electrons. The van der Waals surface area contributed by atoms with Crippen molar-refractivity contribution in [3.05, 3.63) is 77.0 Å². The van der Waals surface area contributed by atoms with Crippen LogP contribution in [0.2, 0.25) is 0 Å². The summed E-state index contributed by atoms with van der Waals surface area (Å²) in [5, 5.41) is 0. The summed E-state index contributed by atoms with van der Waals surface area (Å²) < 4.78 is 15.9. The Labute approximate surface area is 144 Å². The topological polar surface area (TPSA) is 57.1 Å². The quantitative estimate of drug-likeness (QED) is 0.635. The van der Waals surface area contributed by atoms with Crippen LogP contribution in [-0.4, -0.2) is 18.7 Å². The van der Waals surface area contributed by atoms with Crippen LogP contribution in [-0.2, 0) is 9.53 Å². The number of nitrogens with zero attached hydrogens (tertiary/aromatic N) is 1. The molecule has 5 nitrogen and oxygen atoms in total. The van der Waals surface area contributed by atoms with Gasteiger partial charge in [-0.1, -0.05) is 30.3 Å². The highest BCUT2D eigenvalue weighted by atomic mass is 16.7. The maximum absolute atomic E-state index is 12.0. The highest BCUT2D eigenvalue weighted by Gasteiger charge is 2.23. The second kappa shape index (κ2) is 6.28. The van der Waals surface area contributed by atoms with Crippen molar-refractivity contribution in [2.45, 2.75) is 6.92 Å². The summed E-state index contributed by atoms with van der Waals surface area (Å²) in [5.74, 6) is 1.34. The summed E-state index contributed by atoms with van der Waals surface area (Å²) in [7, 11) is 0. The summed E-state index contributed by atoms with van der Waals surface area (Å²) in [6, 6.07) is 15.0. The van der Waals surface area contributed by atoms with Gasteiger partial charge in [0.1, 0.15) is 0 Å². The van der Waals surface area contributed by atoms with Crippen molar-refractivity contribution in [2.75, 3.05) is 6.79 Å². The van der Waals surface area contributed by atoms with Crippen LogP contribution >= 0.6 is 0 Å². The van der Waals surface area contributed by atoms with Gasteiger partial charge in [-0.25, -0.2) is 9.79 Å². The van der Waals surface area contributed by atoms with Gasteiger partial charge in [0.25, 0.3) is 0 Å². The van der Waals surface area contributed by atoms with E-state index in [0.29, 0.717) is 5.90 Å². The van der Waals surface area contributed by atoms with Crippen LogP contribution in [0.15, 0.2) is 70.9 Å². The van der Waals surface area contributed by atoms with Gasteiger partial charge in [0.15, 0.2) is 17.2 Å². The number of aliphatic imine (C=N–C) groups is 1. The van der Waals surface area contributed by atoms with Crippen molar-refractivity contribution < 1.29 is 19.0 Å². The van der Waals surface area contributed by atoms with Crippen LogP contribution in [0.25, 0.3) is 6.08 Å². The number of hydrogen-bond acceptors (Lipinski definition) is 5. The molecular formula is C20H15NO4. The van der Waals surface area contributed by atoms with E-state index in [1.165, 1.54) is 0 Å². The fourth-order valence-electron chi connectivity index (χ4n) is 2.64.